The first-order valence-corrected chi connectivity index (χ1v) is 44.4. The number of nitrogens with zero attached hydrogens (tertiary/aromatic N) is 14. The zero-order chi connectivity index (χ0) is 89.3. The molecule has 128 heavy (non-hydrogen) atoms. The number of aliphatic hydroxyl groups is 2. The summed E-state index contributed by atoms with van der Waals surface area (Å²) in [6.45, 7) is 21.7. The van der Waals surface area contributed by atoms with Gasteiger partial charge in [0.25, 0.3) is 11.8 Å². The van der Waals surface area contributed by atoms with Crippen molar-refractivity contribution in [1.82, 2.24) is 78.7 Å². The van der Waals surface area contributed by atoms with E-state index in [0.29, 0.717) is 85.2 Å². The summed E-state index contributed by atoms with van der Waals surface area (Å²) in [6.07, 6.45) is 24.5. The van der Waals surface area contributed by atoms with Gasteiger partial charge in [0.2, 0.25) is 0 Å². The van der Waals surface area contributed by atoms with Crippen molar-refractivity contribution in [3.63, 3.8) is 0 Å². The van der Waals surface area contributed by atoms with Gasteiger partial charge in [-0.1, -0.05) is 60.7 Å². The molecule has 26 heteroatoms. The van der Waals surface area contributed by atoms with Gasteiger partial charge >= 0.3 is 11.9 Å². The summed E-state index contributed by atoms with van der Waals surface area (Å²) in [5.74, 6) is 0.181. The van der Waals surface area contributed by atoms with Crippen LogP contribution in [-0.4, -0.2) is 203 Å². The van der Waals surface area contributed by atoms with Crippen molar-refractivity contribution in [2.45, 2.75) is 153 Å². The van der Waals surface area contributed by atoms with E-state index in [-0.39, 0.29) is 11.9 Å². The number of likely N-dealkylation sites (tertiary alicyclic amines) is 4. The predicted octanol–water partition coefficient (Wildman–Crippen LogP) is 15.6. The highest BCUT2D eigenvalue weighted by atomic mass is 16.5. The number of aromatic nitrogens is 10. The molecular formula is C102H116N16O10. The Hall–Kier alpha value is -12.5. The fourth-order valence-electron chi connectivity index (χ4n) is 18.0. The minimum absolute atomic E-state index is 0.314. The lowest BCUT2D eigenvalue weighted by molar-refractivity contribution is 0.0276. The number of benzene rings is 4. The standard InChI is InChI=1S/C27H28N4O2.C26H27N5O2.C25H31N3O3.C24H30N4O3/c1-33-27(32)24-6-4-20(5-7-24)19-31-16-12-23-8-9-25(29-26(23)31)22-10-14-30(15-11-22)18-21-3-2-13-28-17-21;32-26(29-33)23-5-3-19(4-6-23)18-31-15-11-22-7-8-24(28-25(22)31)21-9-13-30(14-10-21)17-20-2-1-12-27-16-20;1-25(2,30)17-27-13-10-19(11-14-27)22-9-8-20-12-15-28(23(20)26-22)16-18-4-6-21(7-5-18)24(29)31-3;1-24(2,30)16-27-12-9-18(10-13-27)21-8-7-19-11-14-28(22(19)25-21)15-17-3-5-20(6-4-17)23(29)26-31/h2-9,12-13,16-17,22H,10-11,14-15,18-19H2,1H3;1-8,11-12,15-16,21,33H,9-10,13-14,17-18H2,(H,29,32);4-9,12,15,19,30H,10-11,13-14,16-17H2,1-3H3;3-8,11,14,18,30-31H,9-10,12-13,15-16H2,1-2H3,(H,26,29). The molecule has 4 aromatic carbocycles. The van der Waals surface area contributed by atoms with Crippen molar-refractivity contribution in [2.75, 3.05) is 79.7 Å². The topological polar surface area (TPSA) is 302 Å². The molecule has 664 valence electrons. The normalized spacial score (nSPS) is 15.5. The number of hydrogen-bond acceptors (Lipinski definition) is 20. The second-order valence-electron chi connectivity index (χ2n) is 35.6. The molecule has 14 aromatic rings. The Balaban J connectivity index is 0.000000131. The lowest BCUT2D eigenvalue weighted by atomic mass is 9.92. The Morgan fingerprint density at radius 3 is 0.828 bits per heavy atom. The van der Waals surface area contributed by atoms with Gasteiger partial charge in [-0.15, -0.1) is 0 Å². The van der Waals surface area contributed by atoms with Crippen LogP contribution < -0.4 is 11.0 Å². The molecule has 4 aliphatic heterocycles. The molecule has 14 heterocycles. The number of nitrogens with one attached hydrogen (secondary N) is 2. The molecule has 2 amide bonds. The molecular weight excluding hydrogens is 1610 g/mol. The van der Waals surface area contributed by atoms with Gasteiger partial charge in [0, 0.05) is 181 Å². The van der Waals surface area contributed by atoms with Crippen LogP contribution in [0.25, 0.3) is 44.1 Å². The molecule has 0 radical (unpaired) electrons. The minimum atomic E-state index is -0.662. The molecule has 0 atom stereocenters. The number of rotatable bonds is 24. The monoisotopic (exact) mass is 1720 g/mol. The third-order valence-electron chi connectivity index (χ3n) is 24.8. The van der Waals surface area contributed by atoms with Crippen molar-refractivity contribution >= 4 is 67.9 Å². The molecule has 26 nitrogen and oxygen atoms in total. The maximum Gasteiger partial charge on any atom is 0.337 e. The Morgan fingerprint density at radius 1 is 0.336 bits per heavy atom. The molecule has 0 saturated carbocycles. The van der Waals surface area contributed by atoms with Crippen molar-refractivity contribution in [1.29, 1.82) is 0 Å². The Bertz CT molecular complexity index is 5650. The predicted molar refractivity (Wildman–Crippen MR) is 495 cm³/mol. The van der Waals surface area contributed by atoms with Crippen molar-refractivity contribution in [3.8, 4) is 0 Å². The maximum atomic E-state index is 11.7. The number of fused-ring (bicyclic) bond motifs is 4. The number of β-amino-alcohol motifs (C(OH)–C–C–N with tert-alkyl or cyclic N) is 2. The van der Waals surface area contributed by atoms with Crippen LogP contribution in [0.2, 0.25) is 0 Å². The second-order valence-corrected chi connectivity index (χ2v) is 35.6. The van der Waals surface area contributed by atoms with Crippen LogP contribution in [0, 0.1) is 0 Å². The zero-order valence-electron chi connectivity index (χ0n) is 73.9. The fraction of sp³-hybridized carbons (Fsp3) is 0.353. The number of piperidine rings is 4. The Labute approximate surface area is 746 Å². The van der Waals surface area contributed by atoms with E-state index < -0.39 is 23.0 Å². The van der Waals surface area contributed by atoms with Crippen molar-refractivity contribution in [2.24, 2.45) is 0 Å². The van der Waals surface area contributed by atoms with Gasteiger partial charge in [-0.2, -0.15) is 0 Å². The summed E-state index contributed by atoms with van der Waals surface area (Å²) in [7, 11) is 2.79. The number of methoxy groups -OCH3 is 2. The Kier molecular flexibility index (Phi) is 29.6. The van der Waals surface area contributed by atoms with Gasteiger partial charge < -0.3 is 47.8 Å². The van der Waals surface area contributed by atoms with Crippen molar-refractivity contribution < 1.29 is 49.3 Å². The first kappa shape index (κ1) is 90.3. The SMILES string of the molecule is CC(C)(O)CN1CCC(c2ccc3ccn(Cc4ccc(C(=O)NO)cc4)c3n2)CC1.COC(=O)c1ccc(Cn2ccc3ccc(C4CCN(CC(C)(C)O)CC4)nc32)cc1.COC(=O)c1ccc(Cn2ccc3ccc(C4CCN(Cc5cccnc5)CC4)nc32)cc1.O=C(NO)c1ccc(Cn2ccc3ccc(C4CCN(Cc5cccnc5)CC4)nc32)cc1. The maximum absolute atomic E-state index is 11.7. The summed E-state index contributed by atoms with van der Waals surface area (Å²) in [5, 5.41) is 42.2. The summed E-state index contributed by atoms with van der Waals surface area (Å²) in [5.41, 5.74) is 19.4. The van der Waals surface area contributed by atoms with Crippen LogP contribution in [0.1, 0.15) is 200 Å². The molecule has 0 unspecified atom stereocenters. The zero-order valence-corrected chi connectivity index (χ0v) is 73.9. The van der Waals surface area contributed by atoms with E-state index in [0.717, 1.165) is 195 Å². The number of pyridine rings is 6. The Morgan fingerprint density at radius 2 is 0.594 bits per heavy atom. The van der Waals surface area contributed by atoms with E-state index >= 15 is 0 Å². The van der Waals surface area contributed by atoms with Crippen LogP contribution in [0.15, 0.2) is 244 Å². The molecule has 18 rings (SSSR count). The number of hydroxylamine groups is 2. The van der Waals surface area contributed by atoms with Gasteiger partial charge in [0.05, 0.1) is 36.5 Å². The molecule has 4 saturated heterocycles. The van der Waals surface area contributed by atoms with E-state index in [2.05, 4.69) is 151 Å². The number of carbonyl (C=O) groups excluding carboxylic acids is 4. The van der Waals surface area contributed by atoms with Crippen LogP contribution in [-0.2, 0) is 48.7 Å². The van der Waals surface area contributed by atoms with Gasteiger partial charge in [0.1, 0.15) is 22.6 Å². The fourth-order valence-corrected chi connectivity index (χ4v) is 18.0. The first-order chi connectivity index (χ1) is 62.0. The quantitative estimate of drug-likeness (QED) is 0.0186. The number of ether oxygens (including phenoxy) is 2. The van der Waals surface area contributed by atoms with E-state index in [4.69, 9.17) is 39.8 Å². The summed E-state index contributed by atoms with van der Waals surface area (Å²) in [4.78, 5) is 84.7. The molecule has 0 aliphatic carbocycles. The second kappa shape index (κ2) is 42.0. The average molecular weight is 1730 g/mol. The number of esters is 2. The smallest absolute Gasteiger partial charge is 0.337 e. The summed E-state index contributed by atoms with van der Waals surface area (Å²) >= 11 is 0. The van der Waals surface area contributed by atoms with Gasteiger partial charge in [0.15, 0.2) is 0 Å². The highest BCUT2D eigenvalue weighted by Gasteiger charge is 2.30. The van der Waals surface area contributed by atoms with E-state index in [1.54, 1.807) is 47.4 Å². The third-order valence-corrected chi connectivity index (χ3v) is 24.8. The van der Waals surface area contributed by atoms with Gasteiger partial charge in [-0.25, -0.2) is 40.5 Å². The van der Waals surface area contributed by atoms with Crippen molar-refractivity contribution in [3.05, 3.63) is 322 Å². The molecule has 0 bridgehead atoms. The number of amides is 2. The lowest BCUT2D eigenvalue weighted by Crippen LogP contribution is -2.42. The number of hydrogen-bond donors (Lipinski definition) is 6. The highest BCUT2D eigenvalue weighted by molar-refractivity contribution is 5.94. The number of carbonyl (C=O) groups is 4. The third kappa shape index (κ3) is 23.8. The molecule has 10 aromatic heterocycles. The summed E-state index contributed by atoms with van der Waals surface area (Å²) in [6, 6.07) is 63.5. The van der Waals surface area contributed by atoms with Gasteiger partial charge in [-0.05, 0) is 298 Å². The average Bonchev–Trinajstić information content (AvgIpc) is 1.64. The summed E-state index contributed by atoms with van der Waals surface area (Å²) < 4.78 is 18.2. The van der Waals surface area contributed by atoms with Crippen LogP contribution in [0.5, 0.6) is 0 Å². The lowest BCUT2D eigenvalue weighted by Gasteiger charge is -2.35. The van der Waals surface area contributed by atoms with Crippen LogP contribution in [0.3, 0.4) is 0 Å². The molecule has 4 fully saturated rings. The molecule has 4 aliphatic rings. The minimum Gasteiger partial charge on any atom is -0.465 e. The highest BCUT2D eigenvalue weighted by Crippen LogP contribution is 2.35. The van der Waals surface area contributed by atoms with Gasteiger partial charge in [-0.3, -0.25) is 39.8 Å². The van der Waals surface area contributed by atoms with E-state index in [9.17, 15) is 29.4 Å². The van der Waals surface area contributed by atoms with E-state index in [1.165, 1.54) is 36.7 Å². The van der Waals surface area contributed by atoms with Crippen LogP contribution in [0.4, 0.5) is 0 Å². The first-order valence-electron chi connectivity index (χ1n) is 44.4. The van der Waals surface area contributed by atoms with Crippen LogP contribution >= 0.6 is 0 Å². The largest absolute Gasteiger partial charge is 0.465 e. The van der Waals surface area contributed by atoms with E-state index in [1.807, 2.05) is 131 Å². The molecule has 0 spiro atoms. The molecule has 6 N–H and O–H groups in total.